The second-order valence-electron chi connectivity index (χ2n) is 5.53. The summed E-state index contributed by atoms with van der Waals surface area (Å²) in [4.78, 5) is 25.8. The Bertz CT molecular complexity index is 778. The third-order valence-electron chi connectivity index (χ3n) is 3.86. The fourth-order valence-electron chi connectivity index (χ4n) is 2.49. The van der Waals surface area contributed by atoms with Crippen molar-refractivity contribution in [2.45, 2.75) is 17.1 Å². The average molecular weight is 342 g/mol. The van der Waals surface area contributed by atoms with E-state index < -0.39 is 11.2 Å². The first kappa shape index (κ1) is 16.4. The Hall–Kier alpha value is -2.47. The van der Waals surface area contributed by atoms with Gasteiger partial charge in [0.2, 0.25) is 11.8 Å². The molecule has 0 aliphatic carbocycles. The largest absolute Gasteiger partial charge is 0.497 e. The summed E-state index contributed by atoms with van der Waals surface area (Å²) in [5.74, 6) is -0.156. The molecule has 2 atom stereocenters. The van der Waals surface area contributed by atoms with Gasteiger partial charge in [0.25, 0.3) is 0 Å². The number of para-hydroxylation sites is 1. The van der Waals surface area contributed by atoms with E-state index in [0.717, 1.165) is 10.6 Å². The van der Waals surface area contributed by atoms with E-state index in [1.807, 2.05) is 24.3 Å². The normalized spacial score (nSPS) is 17.4. The lowest BCUT2D eigenvalue weighted by molar-refractivity contribution is -0.123. The van der Waals surface area contributed by atoms with Gasteiger partial charge in [0, 0.05) is 16.6 Å². The van der Waals surface area contributed by atoms with E-state index in [1.54, 1.807) is 38.3 Å². The van der Waals surface area contributed by atoms with E-state index in [0.29, 0.717) is 11.4 Å². The monoisotopic (exact) mass is 342 g/mol. The summed E-state index contributed by atoms with van der Waals surface area (Å²) in [6, 6.07) is 14.7. The van der Waals surface area contributed by atoms with Crippen molar-refractivity contribution in [1.29, 1.82) is 0 Å². The Morgan fingerprint density at radius 3 is 2.83 bits per heavy atom. The molecule has 5 nitrogen and oxygen atoms in total. The Kier molecular flexibility index (Phi) is 4.76. The lowest BCUT2D eigenvalue weighted by Crippen LogP contribution is -2.39. The molecular formula is C18H18N2O3S. The average Bonchev–Trinajstić information content (AvgIpc) is 2.60. The quantitative estimate of drug-likeness (QED) is 0.894. The highest BCUT2D eigenvalue weighted by Crippen LogP contribution is 2.38. The number of rotatable bonds is 4. The third-order valence-corrected chi connectivity index (χ3v) is 5.35. The predicted octanol–water partition coefficient (Wildman–Crippen LogP) is 3.38. The van der Waals surface area contributed by atoms with Crippen LogP contribution in [0, 0.1) is 5.92 Å². The molecule has 0 fully saturated rings. The van der Waals surface area contributed by atoms with Gasteiger partial charge in [-0.25, -0.2) is 0 Å². The van der Waals surface area contributed by atoms with Gasteiger partial charge < -0.3 is 15.4 Å². The Morgan fingerprint density at radius 1 is 1.25 bits per heavy atom. The molecule has 6 heteroatoms. The summed E-state index contributed by atoms with van der Waals surface area (Å²) in [5, 5.41) is 5.25. The topological polar surface area (TPSA) is 67.4 Å². The Labute approximate surface area is 144 Å². The van der Waals surface area contributed by atoms with Crippen LogP contribution in [-0.4, -0.2) is 24.2 Å². The number of hydrogen-bond donors (Lipinski definition) is 2. The number of nitrogens with one attached hydrogen (secondary N) is 2. The van der Waals surface area contributed by atoms with Crippen LogP contribution in [0.15, 0.2) is 53.4 Å². The molecule has 2 aromatic carbocycles. The lowest BCUT2D eigenvalue weighted by atomic mass is 10.1. The number of carbonyl (C=O) groups excluding carboxylic acids is 2. The molecule has 2 aromatic rings. The number of ether oxygens (including phenoxy) is 1. The first-order valence-corrected chi connectivity index (χ1v) is 8.48. The first-order chi connectivity index (χ1) is 11.6. The first-order valence-electron chi connectivity index (χ1n) is 7.60. The van der Waals surface area contributed by atoms with E-state index in [1.165, 1.54) is 11.8 Å². The second kappa shape index (κ2) is 6.97. The minimum atomic E-state index is -0.477. The van der Waals surface area contributed by atoms with Crippen LogP contribution in [0.25, 0.3) is 0 Å². The van der Waals surface area contributed by atoms with Gasteiger partial charge in [0.15, 0.2) is 0 Å². The van der Waals surface area contributed by atoms with Gasteiger partial charge in [-0.15, -0.1) is 11.8 Å². The van der Waals surface area contributed by atoms with E-state index in [2.05, 4.69) is 10.6 Å². The van der Waals surface area contributed by atoms with Crippen LogP contribution in [0.2, 0.25) is 0 Å². The van der Waals surface area contributed by atoms with E-state index >= 15 is 0 Å². The van der Waals surface area contributed by atoms with Gasteiger partial charge in [-0.1, -0.05) is 25.1 Å². The Morgan fingerprint density at radius 2 is 2.04 bits per heavy atom. The summed E-state index contributed by atoms with van der Waals surface area (Å²) >= 11 is 1.42. The zero-order chi connectivity index (χ0) is 17.1. The number of anilines is 2. The molecule has 1 aliphatic rings. The van der Waals surface area contributed by atoms with E-state index in [9.17, 15) is 9.59 Å². The molecule has 0 saturated carbocycles. The molecule has 24 heavy (non-hydrogen) atoms. The maximum absolute atomic E-state index is 12.5. The minimum Gasteiger partial charge on any atom is -0.497 e. The van der Waals surface area contributed by atoms with Crippen LogP contribution in [0.1, 0.15) is 6.92 Å². The molecule has 3 rings (SSSR count). The van der Waals surface area contributed by atoms with Crippen LogP contribution in [-0.2, 0) is 9.59 Å². The molecule has 2 amide bonds. The van der Waals surface area contributed by atoms with Crippen molar-refractivity contribution >= 4 is 35.0 Å². The maximum Gasteiger partial charge on any atom is 0.238 e. The fourth-order valence-corrected chi connectivity index (χ4v) is 3.66. The molecule has 1 heterocycles. The van der Waals surface area contributed by atoms with E-state index in [-0.39, 0.29) is 11.8 Å². The van der Waals surface area contributed by atoms with Crippen LogP contribution in [0.5, 0.6) is 5.75 Å². The molecule has 1 aliphatic heterocycles. The summed E-state index contributed by atoms with van der Waals surface area (Å²) in [5.41, 5.74) is 1.44. The van der Waals surface area contributed by atoms with Gasteiger partial charge in [-0.05, 0) is 24.3 Å². The van der Waals surface area contributed by atoms with Crippen LogP contribution in [0.4, 0.5) is 11.4 Å². The number of fused-ring (bicyclic) bond motifs is 1. The molecule has 2 N–H and O–H groups in total. The van der Waals surface area contributed by atoms with Crippen LogP contribution in [0.3, 0.4) is 0 Å². The predicted molar refractivity (Wildman–Crippen MR) is 95.5 cm³/mol. The fraction of sp³-hybridized carbons (Fsp3) is 0.222. The standard InChI is InChI=1S/C18H18N2O3S/c1-11(17(21)19-12-6-5-7-13(10-12)23-2)16-18(22)20-14-8-3-4-9-15(14)24-16/h3-11,16H,1-2H3,(H,19,21)(H,20,22). The molecule has 2 unspecified atom stereocenters. The maximum atomic E-state index is 12.5. The number of methoxy groups -OCH3 is 1. The smallest absolute Gasteiger partial charge is 0.238 e. The highest BCUT2D eigenvalue weighted by atomic mass is 32.2. The second-order valence-corrected chi connectivity index (χ2v) is 6.72. The van der Waals surface area contributed by atoms with Crippen molar-refractivity contribution in [2.24, 2.45) is 5.92 Å². The lowest BCUT2D eigenvalue weighted by Gasteiger charge is -2.27. The van der Waals surface area contributed by atoms with E-state index in [4.69, 9.17) is 4.74 Å². The zero-order valence-electron chi connectivity index (χ0n) is 13.4. The van der Waals surface area contributed by atoms with Crippen molar-refractivity contribution in [3.63, 3.8) is 0 Å². The summed E-state index contributed by atoms with van der Waals surface area (Å²) in [6.45, 7) is 1.76. The SMILES string of the molecule is COc1cccc(NC(=O)C(C)C2Sc3ccccc3NC2=O)c1. The van der Waals surface area contributed by atoms with Gasteiger partial charge in [-0.3, -0.25) is 9.59 Å². The van der Waals surface area contributed by atoms with Gasteiger partial charge in [-0.2, -0.15) is 0 Å². The summed E-state index contributed by atoms with van der Waals surface area (Å²) in [7, 11) is 1.57. The van der Waals surface area contributed by atoms with Crippen molar-refractivity contribution in [1.82, 2.24) is 0 Å². The molecule has 0 saturated heterocycles. The number of carbonyl (C=O) groups is 2. The minimum absolute atomic E-state index is 0.146. The molecule has 0 aromatic heterocycles. The Balaban J connectivity index is 1.72. The highest BCUT2D eigenvalue weighted by Gasteiger charge is 2.35. The molecule has 124 valence electrons. The third kappa shape index (κ3) is 3.38. The number of amides is 2. The number of hydrogen-bond acceptors (Lipinski definition) is 4. The van der Waals surface area contributed by atoms with Crippen molar-refractivity contribution < 1.29 is 14.3 Å². The molecule has 0 spiro atoms. The van der Waals surface area contributed by atoms with Crippen molar-refractivity contribution in [3.8, 4) is 5.75 Å². The summed E-state index contributed by atoms with van der Waals surface area (Å²) < 4.78 is 5.15. The molecule has 0 radical (unpaired) electrons. The summed E-state index contributed by atoms with van der Waals surface area (Å²) in [6.07, 6.45) is 0. The van der Waals surface area contributed by atoms with Gasteiger partial charge >= 0.3 is 0 Å². The molecule has 0 bridgehead atoms. The molecular weight excluding hydrogens is 324 g/mol. The van der Waals surface area contributed by atoms with Crippen molar-refractivity contribution in [3.05, 3.63) is 48.5 Å². The number of benzene rings is 2. The highest BCUT2D eigenvalue weighted by molar-refractivity contribution is 8.01. The zero-order valence-corrected chi connectivity index (χ0v) is 14.2. The van der Waals surface area contributed by atoms with Crippen LogP contribution >= 0.6 is 11.8 Å². The van der Waals surface area contributed by atoms with Crippen molar-refractivity contribution in [2.75, 3.05) is 17.7 Å². The van der Waals surface area contributed by atoms with Crippen LogP contribution < -0.4 is 15.4 Å². The van der Waals surface area contributed by atoms with Gasteiger partial charge in [0.1, 0.15) is 5.75 Å². The number of thioether (sulfide) groups is 1. The van der Waals surface area contributed by atoms with Gasteiger partial charge in [0.05, 0.1) is 24.0 Å².